The van der Waals surface area contributed by atoms with Crippen LogP contribution in [0.15, 0.2) is 29.6 Å². The van der Waals surface area contributed by atoms with Crippen LogP contribution in [0.2, 0.25) is 0 Å². The summed E-state index contributed by atoms with van der Waals surface area (Å²) >= 11 is 1.37. The maximum Gasteiger partial charge on any atom is 0.243 e. The van der Waals surface area contributed by atoms with Gasteiger partial charge in [0.15, 0.2) is 5.13 Å². The average molecular weight is 305 g/mol. The van der Waals surface area contributed by atoms with Crippen molar-refractivity contribution in [3.8, 4) is 17.0 Å². The Labute approximate surface area is 128 Å². The van der Waals surface area contributed by atoms with Crippen LogP contribution in [0.25, 0.3) is 11.3 Å². The molecule has 0 aliphatic heterocycles. The first-order valence-corrected chi connectivity index (χ1v) is 7.56. The molecule has 0 saturated carbocycles. The highest BCUT2D eigenvalue weighted by atomic mass is 32.1. The minimum atomic E-state index is -0.538. The summed E-state index contributed by atoms with van der Waals surface area (Å²) in [5, 5.41) is 5.18. The van der Waals surface area contributed by atoms with Gasteiger partial charge in [0.2, 0.25) is 5.91 Å². The minimum absolute atomic E-state index is 0.0821. The van der Waals surface area contributed by atoms with E-state index in [0.717, 1.165) is 17.0 Å². The molecule has 0 spiro atoms. The van der Waals surface area contributed by atoms with Gasteiger partial charge in [-0.2, -0.15) is 0 Å². The predicted molar refractivity (Wildman–Crippen MR) is 85.5 cm³/mol. The third kappa shape index (κ3) is 3.59. The smallest absolute Gasteiger partial charge is 0.243 e. The van der Waals surface area contributed by atoms with Crippen LogP contribution in [0, 0.1) is 5.92 Å². The van der Waals surface area contributed by atoms with Crippen LogP contribution in [-0.4, -0.2) is 24.0 Å². The topological polar surface area (TPSA) is 77.2 Å². The monoisotopic (exact) mass is 305 g/mol. The largest absolute Gasteiger partial charge is 0.496 e. The first kappa shape index (κ1) is 15.5. The Morgan fingerprint density at radius 3 is 2.76 bits per heavy atom. The molecular formula is C15H19N3O2S. The summed E-state index contributed by atoms with van der Waals surface area (Å²) in [7, 11) is 1.62. The molecule has 2 rings (SSSR count). The maximum atomic E-state index is 11.9. The van der Waals surface area contributed by atoms with Crippen molar-refractivity contribution in [3.63, 3.8) is 0 Å². The number of carbonyl (C=O) groups excluding carboxylic acids is 1. The summed E-state index contributed by atoms with van der Waals surface area (Å²) in [6, 6.07) is 7.09. The molecule has 6 heteroatoms. The lowest BCUT2D eigenvalue weighted by Crippen LogP contribution is -2.39. The molecule has 112 valence electrons. The Kier molecular flexibility index (Phi) is 4.93. The number of nitrogens with zero attached hydrogens (tertiary/aromatic N) is 1. The van der Waals surface area contributed by atoms with Crippen molar-refractivity contribution in [2.24, 2.45) is 11.7 Å². The van der Waals surface area contributed by atoms with Crippen molar-refractivity contribution < 1.29 is 9.53 Å². The van der Waals surface area contributed by atoms with Gasteiger partial charge in [0.1, 0.15) is 5.75 Å². The number of rotatable bonds is 5. The average Bonchev–Trinajstić information content (AvgIpc) is 2.94. The maximum absolute atomic E-state index is 11.9. The van der Waals surface area contributed by atoms with Gasteiger partial charge in [-0.15, -0.1) is 11.3 Å². The van der Waals surface area contributed by atoms with Crippen LogP contribution in [0.4, 0.5) is 5.13 Å². The number of ether oxygens (including phenoxy) is 1. The fourth-order valence-corrected chi connectivity index (χ4v) is 2.52. The number of thiazole rings is 1. The Morgan fingerprint density at radius 2 is 2.10 bits per heavy atom. The molecular weight excluding hydrogens is 286 g/mol. The van der Waals surface area contributed by atoms with Crippen LogP contribution >= 0.6 is 11.3 Å². The number of hydrogen-bond donors (Lipinski definition) is 2. The molecule has 3 N–H and O–H groups in total. The van der Waals surface area contributed by atoms with E-state index >= 15 is 0 Å². The lowest BCUT2D eigenvalue weighted by Gasteiger charge is -2.13. The molecule has 0 aliphatic rings. The summed E-state index contributed by atoms with van der Waals surface area (Å²) in [6.45, 7) is 3.82. The molecule has 2 aromatic rings. The quantitative estimate of drug-likeness (QED) is 0.890. The van der Waals surface area contributed by atoms with Crippen molar-refractivity contribution in [3.05, 3.63) is 29.6 Å². The van der Waals surface area contributed by atoms with E-state index in [1.165, 1.54) is 11.3 Å². The zero-order chi connectivity index (χ0) is 15.4. The van der Waals surface area contributed by atoms with Gasteiger partial charge >= 0.3 is 0 Å². The van der Waals surface area contributed by atoms with Crippen LogP contribution in [-0.2, 0) is 4.79 Å². The highest BCUT2D eigenvalue weighted by Gasteiger charge is 2.18. The number of nitrogens with two attached hydrogens (primary N) is 1. The molecule has 1 amide bonds. The van der Waals surface area contributed by atoms with Crippen LogP contribution < -0.4 is 15.8 Å². The fourth-order valence-electron chi connectivity index (χ4n) is 1.80. The van der Waals surface area contributed by atoms with Gasteiger partial charge < -0.3 is 15.8 Å². The number of hydrogen-bond acceptors (Lipinski definition) is 5. The predicted octanol–water partition coefficient (Wildman–Crippen LogP) is 2.74. The highest BCUT2D eigenvalue weighted by molar-refractivity contribution is 7.14. The van der Waals surface area contributed by atoms with Crippen LogP contribution in [0.5, 0.6) is 5.75 Å². The molecule has 0 unspecified atom stereocenters. The Bertz CT molecular complexity index is 625. The summed E-state index contributed by atoms with van der Waals surface area (Å²) < 4.78 is 5.32. The van der Waals surface area contributed by atoms with E-state index in [4.69, 9.17) is 10.5 Å². The molecule has 1 heterocycles. The number of anilines is 1. The second kappa shape index (κ2) is 6.69. The first-order chi connectivity index (χ1) is 10.0. The minimum Gasteiger partial charge on any atom is -0.496 e. The molecule has 0 bridgehead atoms. The van der Waals surface area contributed by atoms with E-state index in [9.17, 15) is 4.79 Å². The van der Waals surface area contributed by atoms with E-state index in [1.807, 2.05) is 43.5 Å². The van der Waals surface area contributed by atoms with Gasteiger partial charge in [-0.1, -0.05) is 26.0 Å². The van der Waals surface area contributed by atoms with Gasteiger partial charge in [-0.3, -0.25) is 4.79 Å². The molecule has 21 heavy (non-hydrogen) atoms. The number of amides is 1. The van der Waals surface area contributed by atoms with E-state index in [2.05, 4.69) is 10.3 Å². The van der Waals surface area contributed by atoms with Gasteiger partial charge in [0, 0.05) is 10.9 Å². The molecule has 1 aromatic heterocycles. The van der Waals surface area contributed by atoms with Crippen molar-refractivity contribution in [1.29, 1.82) is 0 Å². The molecule has 1 atom stereocenters. The van der Waals surface area contributed by atoms with Crippen molar-refractivity contribution >= 4 is 22.4 Å². The Hall–Kier alpha value is -1.92. The second-order valence-corrected chi connectivity index (χ2v) is 5.86. The van der Waals surface area contributed by atoms with Crippen molar-refractivity contribution in [1.82, 2.24) is 4.98 Å². The molecule has 1 aromatic carbocycles. The van der Waals surface area contributed by atoms with E-state index in [1.54, 1.807) is 7.11 Å². The zero-order valence-corrected chi connectivity index (χ0v) is 13.1. The third-order valence-electron chi connectivity index (χ3n) is 3.14. The molecule has 0 fully saturated rings. The zero-order valence-electron chi connectivity index (χ0n) is 12.3. The molecule has 0 aliphatic carbocycles. The number of para-hydroxylation sites is 1. The van der Waals surface area contributed by atoms with Gasteiger partial charge in [0.05, 0.1) is 18.8 Å². The van der Waals surface area contributed by atoms with E-state index in [-0.39, 0.29) is 11.8 Å². The first-order valence-electron chi connectivity index (χ1n) is 6.68. The SMILES string of the molecule is COc1ccccc1-c1csc(NC(=O)[C@@H](N)C(C)C)n1. The lowest BCUT2D eigenvalue weighted by molar-refractivity contribution is -0.118. The second-order valence-electron chi connectivity index (χ2n) is 5.00. The number of nitrogens with one attached hydrogen (secondary N) is 1. The van der Waals surface area contributed by atoms with Gasteiger partial charge in [0.25, 0.3) is 0 Å². The van der Waals surface area contributed by atoms with Gasteiger partial charge in [-0.05, 0) is 18.1 Å². The van der Waals surface area contributed by atoms with Crippen molar-refractivity contribution in [2.75, 3.05) is 12.4 Å². The van der Waals surface area contributed by atoms with Crippen LogP contribution in [0.1, 0.15) is 13.8 Å². The summed E-state index contributed by atoms with van der Waals surface area (Å²) in [5.41, 5.74) is 7.48. The third-order valence-corrected chi connectivity index (χ3v) is 3.90. The summed E-state index contributed by atoms with van der Waals surface area (Å²) in [6.07, 6.45) is 0. The summed E-state index contributed by atoms with van der Waals surface area (Å²) in [4.78, 5) is 16.4. The Balaban J connectivity index is 2.17. The Morgan fingerprint density at radius 1 is 1.38 bits per heavy atom. The highest BCUT2D eigenvalue weighted by Crippen LogP contribution is 2.31. The van der Waals surface area contributed by atoms with E-state index in [0.29, 0.717) is 5.13 Å². The number of carbonyl (C=O) groups is 1. The fraction of sp³-hybridized carbons (Fsp3) is 0.333. The normalized spacial score (nSPS) is 12.2. The van der Waals surface area contributed by atoms with Gasteiger partial charge in [-0.25, -0.2) is 4.98 Å². The summed E-state index contributed by atoms with van der Waals surface area (Å²) in [5.74, 6) is 0.615. The van der Waals surface area contributed by atoms with Crippen LogP contribution in [0.3, 0.4) is 0 Å². The lowest BCUT2D eigenvalue weighted by atomic mass is 10.1. The number of benzene rings is 1. The molecule has 0 saturated heterocycles. The standard InChI is InChI=1S/C15H19N3O2S/c1-9(2)13(16)14(19)18-15-17-11(8-21-15)10-6-4-5-7-12(10)20-3/h4-9,13H,16H2,1-3H3,(H,17,18,19)/t13-/m0/s1. The number of methoxy groups -OCH3 is 1. The molecule has 0 radical (unpaired) electrons. The van der Waals surface area contributed by atoms with E-state index < -0.39 is 6.04 Å². The van der Waals surface area contributed by atoms with Crippen molar-refractivity contribution in [2.45, 2.75) is 19.9 Å². The molecule has 5 nitrogen and oxygen atoms in total. The number of aromatic nitrogens is 1.